The van der Waals surface area contributed by atoms with Crippen LogP contribution in [0.3, 0.4) is 0 Å². The average molecular weight is 416 g/mol. The topological polar surface area (TPSA) is 57.1 Å². The molecular formula is C22H45NO4Si. The van der Waals surface area contributed by atoms with Crippen molar-refractivity contribution in [3.05, 3.63) is 0 Å². The van der Waals surface area contributed by atoms with E-state index in [9.17, 15) is 4.79 Å². The molecule has 0 aliphatic rings. The highest BCUT2D eigenvalue weighted by molar-refractivity contribution is 6.60. The summed E-state index contributed by atoms with van der Waals surface area (Å²) < 4.78 is 16.4. The van der Waals surface area contributed by atoms with Gasteiger partial charge in [-0.2, -0.15) is 0 Å². The van der Waals surface area contributed by atoms with E-state index in [0.29, 0.717) is 6.54 Å². The molecule has 0 N–H and O–H groups in total. The van der Waals surface area contributed by atoms with Crippen molar-refractivity contribution < 1.29 is 18.1 Å². The lowest BCUT2D eigenvalue weighted by atomic mass is 10.0. The molecule has 0 aromatic carbocycles. The maximum atomic E-state index is 9.93. The van der Waals surface area contributed by atoms with Gasteiger partial charge in [0.05, 0.1) is 6.54 Å². The number of isocyanates is 1. The molecule has 0 atom stereocenters. The van der Waals surface area contributed by atoms with Crippen molar-refractivity contribution in [3.63, 3.8) is 0 Å². The fourth-order valence-corrected chi connectivity index (χ4v) is 5.40. The Balaban J connectivity index is 3.21. The third-order valence-corrected chi connectivity index (χ3v) is 8.33. The molecule has 0 heterocycles. The number of hydrogen-bond donors (Lipinski definition) is 0. The molecule has 0 aliphatic carbocycles. The number of aliphatic imine (C=N–C) groups is 1. The Hall–Kier alpha value is -0.523. The lowest BCUT2D eigenvalue weighted by Crippen LogP contribution is -2.42. The molecule has 0 saturated heterocycles. The number of hydrogen-bond acceptors (Lipinski definition) is 5. The first kappa shape index (κ1) is 27.5. The van der Waals surface area contributed by atoms with Gasteiger partial charge in [-0.3, -0.25) is 0 Å². The van der Waals surface area contributed by atoms with Crippen LogP contribution in [0.1, 0.15) is 103 Å². The van der Waals surface area contributed by atoms with E-state index < -0.39 is 8.80 Å². The van der Waals surface area contributed by atoms with Crippen molar-refractivity contribution in [1.82, 2.24) is 0 Å². The summed E-state index contributed by atoms with van der Waals surface area (Å²) in [5.74, 6) is 0. The molecular weight excluding hydrogens is 370 g/mol. The van der Waals surface area contributed by atoms with Gasteiger partial charge in [0.2, 0.25) is 6.08 Å². The van der Waals surface area contributed by atoms with Crippen LogP contribution in [0.4, 0.5) is 0 Å². The number of unbranched alkanes of at least 4 members (excludes halogenated alkanes) is 15. The Kier molecular flexibility index (Phi) is 20.8. The van der Waals surface area contributed by atoms with Crippen LogP contribution in [0.25, 0.3) is 0 Å². The SMILES string of the molecule is CO[Si](CCCCCCCCCCCCCCCCCCN=C=O)(OC)OC. The van der Waals surface area contributed by atoms with Crippen LogP contribution in [0, 0.1) is 0 Å². The minimum absolute atomic E-state index is 0.654. The van der Waals surface area contributed by atoms with Crippen LogP contribution in [0.15, 0.2) is 4.99 Å². The molecule has 0 unspecified atom stereocenters. The minimum Gasteiger partial charge on any atom is -0.377 e. The van der Waals surface area contributed by atoms with Crippen LogP contribution < -0.4 is 0 Å². The normalized spacial score (nSPS) is 11.5. The zero-order valence-corrected chi connectivity index (χ0v) is 19.8. The lowest BCUT2D eigenvalue weighted by molar-refractivity contribution is 0.122. The number of rotatable bonds is 22. The van der Waals surface area contributed by atoms with Crippen molar-refractivity contribution in [1.29, 1.82) is 0 Å². The Morgan fingerprint density at radius 1 is 0.571 bits per heavy atom. The Bertz CT molecular complexity index is 363. The maximum absolute atomic E-state index is 9.93. The molecule has 0 bridgehead atoms. The third kappa shape index (κ3) is 16.4. The van der Waals surface area contributed by atoms with Gasteiger partial charge in [0, 0.05) is 27.4 Å². The summed E-state index contributed by atoms with van der Waals surface area (Å²) in [7, 11) is 2.72. The second kappa shape index (κ2) is 21.2. The monoisotopic (exact) mass is 415 g/mol. The van der Waals surface area contributed by atoms with Gasteiger partial charge in [0.1, 0.15) is 0 Å². The summed E-state index contributed by atoms with van der Waals surface area (Å²) in [6.07, 6.45) is 22.5. The standard InChI is InChI=1S/C22H45NO4Si/c1-25-28(26-2,27-3)21-19-17-15-13-11-9-7-5-4-6-8-10-12-14-16-18-20-23-22-24/h4-21H2,1-3H3. The van der Waals surface area contributed by atoms with Gasteiger partial charge in [-0.05, 0) is 12.8 Å². The van der Waals surface area contributed by atoms with Crippen LogP contribution in [-0.2, 0) is 18.1 Å². The van der Waals surface area contributed by atoms with Crippen LogP contribution in [0.5, 0.6) is 0 Å². The highest BCUT2D eigenvalue weighted by atomic mass is 28.4. The fraction of sp³-hybridized carbons (Fsp3) is 0.955. The van der Waals surface area contributed by atoms with Crippen molar-refractivity contribution in [2.24, 2.45) is 4.99 Å². The molecule has 166 valence electrons. The number of carbonyl (C=O) groups excluding carboxylic acids is 1. The first-order chi connectivity index (χ1) is 13.7. The summed E-state index contributed by atoms with van der Waals surface area (Å²) >= 11 is 0. The second-order valence-corrected chi connectivity index (χ2v) is 10.8. The second-order valence-electron chi connectivity index (χ2n) is 7.68. The molecule has 6 heteroatoms. The van der Waals surface area contributed by atoms with Crippen LogP contribution >= 0.6 is 0 Å². The minimum atomic E-state index is -2.35. The lowest BCUT2D eigenvalue weighted by Gasteiger charge is -2.24. The Morgan fingerprint density at radius 2 is 0.893 bits per heavy atom. The third-order valence-electron chi connectivity index (χ3n) is 5.50. The summed E-state index contributed by atoms with van der Waals surface area (Å²) in [6.45, 7) is 0.654. The molecule has 0 radical (unpaired) electrons. The van der Waals surface area contributed by atoms with Crippen LogP contribution in [0.2, 0.25) is 6.04 Å². The van der Waals surface area contributed by atoms with E-state index in [4.69, 9.17) is 13.3 Å². The molecule has 0 rings (SSSR count). The van der Waals surface area contributed by atoms with Crippen molar-refractivity contribution in [3.8, 4) is 0 Å². The van der Waals surface area contributed by atoms with Crippen molar-refractivity contribution >= 4 is 14.9 Å². The zero-order chi connectivity index (χ0) is 20.8. The van der Waals surface area contributed by atoms with E-state index in [-0.39, 0.29) is 0 Å². The maximum Gasteiger partial charge on any atom is 0.500 e. The predicted octanol–water partition coefficient (Wildman–Crippen LogP) is 6.44. The van der Waals surface area contributed by atoms with Crippen LogP contribution in [-0.4, -0.2) is 42.8 Å². The average Bonchev–Trinajstić information content (AvgIpc) is 2.73. The van der Waals surface area contributed by atoms with E-state index >= 15 is 0 Å². The predicted molar refractivity (Wildman–Crippen MR) is 118 cm³/mol. The van der Waals surface area contributed by atoms with Gasteiger partial charge in [-0.1, -0.05) is 89.9 Å². The molecule has 0 fully saturated rings. The smallest absolute Gasteiger partial charge is 0.377 e. The van der Waals surface area contributed by atoms with Gasteiger partial charge in [0.25, 0.3) is 0 Å². The van der Waals surface area contributed by atoms with Gasteiger partial charge in [0.15, 0.2) is 0 Å². The summed E-state index contributed by atoms with van der Waals surface area (Å²) in [6, 6.07) is 0.922. The molecule has 0 aromatic heterocycles. The molecule has 28 heavy (non-hydrogen) atoms. The molecule has 0 aliphatic heterocycles. The molecule has 0 saturated carbocycles. The van der Waals surface area contributed by atoms with Gasteiger partial charge < -0.3 is 13.3 Å². The molecule has 0 amide bonds. The van der Waals surface area contributed by atoms with E-state index in [1.165, 1.54) is 89.9 Å². The largest absolute Gasteiger partial charge is 0.500 e. The highest BCUT2D eigenvalue weighted by Gasteiger charge is 2.36. The first-order valence-electron chi connectivity index (χ1n) is 11.4. The quantitative estimate of drug-likeness (QED) is 0.0883. The first-order valence-corrected chi connectivity index (χ1v) is 13.4. The van der Waals surface area contributed by atoms with Gasteiger partial charge >= 0.3 is 8.80 Å². The number of nitrogens with zero attached hydrogens (tertiary/aromatic N) is 1. The molecule has 5 nitrogen and oxygen atoms in total. The Morgan fingerprint density at radius 3 is 1.21 bits per heavy atom. The summed E-state index contributed by atoms with van der Waals surface area (Å²) in [5.41, 5.74) is 0. The molecule has 0 aromatic rings. The highest BCUT2D eigenvalue weighted by Crippen LogP contribution is 2.19. The zero-order valence-electron chi connectivity index (χ0n) is 18.8. The van der Waals surface area contributed by atoms with Crippen molar-refractivity contribution in [2.75, 3.05) is 27.9 Å². The van der Waals surface area contributed by atoms with Gasteiger partial charge in [-0.15, -0.1) is 0 Å². The van der Waals surface area contributed by atoms with Gasteiger partial charge in [-0.25, -0.2) is 9.79 Å². The fourth-order valence-electron chi connectivity index (χ4n) is 3.61. The Labute approximate surface area is 175 Å². The molecule has 0 spiro atoms. The van der Waals surface area contributed by atoms with Crippen molar-refractivity contribution in [2.45, 2.75) is 109 Å². The van der Waals surface area contributed by atoms with E-state index in [0.717, 1.165) is 18.9 Å². The van der Waals surface area contributed by atoms with E-state index in [1.807, 2.05) is 0 Å². The van der Waals surface area contributed by atoms with E-state index in [2.05, 4.69) is 4.99 Å². The summed E-state index contributed by atoms with van der Waals surface area (Å²) in [4.78, 5) is 13.5. The van der Waals surface area contributed by atoms with E-state index in [1.54, 1.807) is 27.4 Å². The summed E-state index contributed by atoms with van der Waals surface area (Å²) in [5, 5.41) is 0.